The van der Waals surface area contributed by atoms with E-state index in [1.54, 1.807) is 18.2 Å². The van der Waals surface area contributed by atoms with Crippen molar-refractivity contribution in [2.75, 3.05) is 18.4 Å². The Hall–Kier alpha value is -0.770. The van der Waals surface area contributed by atoms with Crippen LogP contribution in [0.3, 0.4) is 0 Å². The van der Waals surface area contributed by atoms with Gasteiger partial charge in [-0.1, -0.05) is 36.5 Å². The summed E-state index contributed by atoms with van der Waals surface area (Å²) in [5.74, 6) is 0.0221. The number of piperidine rings is 1. The molecule has 2 rings (SSSR count). The van der Waals surface area contributed by atoms with Crippen LogP contribution in [0, 0.1) is 0 Å². The summed E-state index contributed by atoms with van der Waals surface area (Å²) in [6.45, 7) is 4.16. The molecule has 1 unspecified atom stereocenters. The molecular formula is C16H22Cl2N2O. The summed E-state index contributed by atoms with van der Waals surface area (Å²) in [6, 6.07) is 5.77. The van der Waals surface area contributed by atoms with Gasteiger partial charge in [0.15, 0.2) is 0 Å². The summed E-state index contributed by atoms with van der Waals surface area (Å²) in [6.07, 6.45) is 5.48. The van der Waals surface area contributed by atoms with E-state index >= 15 is 0 Å². The number of rotatable bonds is 5. The number of anilines is 1. The molecule has 1 aromatic rings. The van der Waals surface area contributed by atoms with Gasteiger partial charge in [-0.05, 0) is 44.0 Å². The topological polar surface area (TPSA) is 32.3 Å². The van der Waals surface area contributed by atoms with Crippen LogP contribution in [-0.2, 0) is 4.79 Å². The average molecular weight is 329 g/mol. The number of hydrogen-bond acceptors (Lipinski definition) is 2. The molecule has 0 spiro atoms. The molecular weight excluding hydrogens is 307 g/mol. The Morgan fingerprint density at radius 3 is 2.86 bits per heavy atom. The van der Waals surface area contributed by atoms with E-state index in [9.17, 15) is 4.79 Å². The van der Waals surface area contributed by atoms with Gasteiger partial charge in [0.05, 0.1) is 10.0 Å². The molecule has 1 aliphatic heterocycles. The van der Waals surface area contributed by atoms with Crippen molar-refractivity contribution in [2.24, 2.45) is 0 Å². The number of likely N-dealkylation sites (tertiary alicyclic amines) is 1. The maximum absolute atomic E-state index is 12.0. The summed E-state index contributed by atoms with van der Waals surface area (Å²) in [5.41, 5.74) is 0.695. The first-order valence-corrected chi connectivity index (χ1v) is 8.34. The normalized spacial score (nSPS) is 19.5. The molecule has 116 valence electrons. The van der Waals surface area contributed by atoms with Gasteiger partial charge < -0.3 is 5.32 Å². The third kappa shape index (κ3) is 4.87. The third-order valence-electron chi connectivity index (χ3n) is 4.05. The SMILES string of the molecule is CCC1CCCCN1CCC(=O)Nc1ccc(Cl)c(Cl)c1. The van der Waals surface area contributed by atoms with Gasteiger partial charge in [-0.15, -0.1) is 0 Å². The molecule has 1 N–H and O–H groups in total. The van der Waals surface area contributed by atoms with Gasteiger partial charge in [-0.2, -0.15) is 0 Å². The Bertz CT molecular complexity index is 493. The minimum atomic E-state index is 0.0221. The quantitative estimate of drug-likeness (QED) is 0.857. The van der Waals surface area contributed by atoms with Crippen LogP contribution < -0.4 is 5.32 Å². The summed E-state index contributed by atoms with van der Waals surface area (Å²) in [5, 5.41) is 3.82. The number of benzene rings is 1. The molecule has 3 nitrogen and oxygen atoms in total. The highest BCUT2D eigenvalue weighted by molar-refractivity contribution is 6.42. The Kier molecular flexibility index (Phi) is 6.34. The highest BCUT2D eigenvalue weighted by Gasteiger charge is 2.20. The lowest BCUT2D eigenvalue weighted by molar-refractivity contribution is -0.116. The molecule has 0 aliphatic carbocycles. The lowest BCUT2D eigenvalue weighted by Gasteiger charge is -2.35. The number of hydrogen-bond donors (Lipinski definition) is 1. The molecule has 0 bridgehead atoms. The van der Waals surface area contributed by atoms with Gasteiger partial charge in [-0.3, -0.25) is 9.69 Å². The standard InChI is InChI=1S/C16H22Cl2N2O/c1-2-13-5-3-4-9-20(13)10-8-16(21)19-12-6-7-14(17)15(18)11-12/h6-7,11,13H,2-5,8-10H2,1H3,(H,19,21). The highest BCUT2D eigenvalue weighted by atomic mass is 35.5. The van der Waals surface area contributed by atoms with Gasteiger partial charge in [0.2, 0.25) is 5.91 Å². The molecule has 1 aromatic carbocycles. The minimum Gasteiger partial charge on any atom is -0.326 e. The smallest absolute Gasteiger partial charge is 0.225 e. The van der Waals surface area contributed by atoms with Crippen LogP contribution >= 0.6 is 23.2 Å². The van der Waals surface area contributed by atoms with E-state index in [0.29, 0.717) is 28.2 Å². The number of amides is 1. The number of carbonyl (C=O) groups is 1. The number of halogens is 2. The molecule has 0 aromatic heterocycles. The van der Waals surface area contributed by atoms with Crippen LogP contribution in [0.5, 0.6) is 0 Å². The van der Waals surface area contributed by atoms with Gasteiger partial charge in [0.1, 0.15) is 0 Å². The van der Waals surface area contributed by atoms with Crippen molar-refractivity contribution in [2.45, 2.75) is 45.1 Å². The van der Waals surface area contributed by atoms with Crippen molar-refractivity contribution in [1.82, 2.24) is 4.90 Å². The molecule has 1 atom stereocenters. The minimum absolute atomic E-state index is 0.0221. The van der Waals surface area contributed by atoms with E-state index in [1.165, 1.54) is 19.3 Å². The second-order valence-corrected chi connectivity index (χ2v) is 6.34. The molecule has 1 heterocycles. The molecule has 1 aliphatic rings. The Labute approximate surface area is 136 Å². The molecule has 1 saturated heterocycles. The van der Waals surface area contributed by atoms with Crippen LogP contribution in [0.1, 0.15) is 39.0 Å². The zero-order valence-corrected chi connectivity index (χ0v) is 13.9. The first-order valence-electron chi connectivity index (χ1n) is 7.59. The summed E-state index contributed by atoms with van der Waals surface area (Å²) in [4.78, 5) is 14.5. The van der Waals surface area contributed by atoms with Gasteiger partial charge in [0, 0.05) is 24.7 Å². The van der Waals surface area contributed by atoms with Crippen molar-refractivity contribution >= 4 is 34.8 Å². The van der Waals surface area contributed by atoms with Crippen molar-refractivity contribution in [1.29, 1.82) is 0 Å². The first kappa shape index (κ1) is 16.6. The lowest BCUT2D eigenvalue weighted by Crippen LogP contribution is -2.40. The second kappa shape index (κ2) is 8.02. The average Bonchev–Trinajstić information content (AvgIpc) is 2.49. The van der Waals surface area contributed by atoms with Crippen LogP contribution in [0.15, 0.2) is 18.2 Å². The van der Waals surface area contributed by atoms with Crippen LogP contribution in [-0.4, -0.2) is 29.9 Å². The maximum Gasteiger partial charge on any atom is 0.225 e. The second-order valence-electron chi connectivity index (χ2n) is 5.52. The van der Waals surface area contributed by atoms with Crippen LogP contribution in [0.4, 0.5) is 5.69 Å². The maximum atomic E-state index is 12.0. The van der Waals surface area contributed by atoms with E-state index in [4.69, 9.17) is 23.2 Å². The number of nitrogens with one attached hydrogen (secondary N) is 1. The molecule has 21 heavy (non-hydrogen) atoms. The monoisotopic (exact) mass is 328 g/mol. The molecule has 5 heteroatoms. The summed E-state index contributed by atoms with van der Waals surface area (Å²) in [7, 11) is 0. The zero-order valence-electron chi connectivity index (χ0n) is 12.4. The summed E-state index contributed by atoms with van der Waals surface area (Å²) >= 11 is 11.8. The van der Waals surface area contributed by atoms with E-state index in [-0.39, 0.29) is 5.91 Å². The van der Waals surface area contributed by atoms with E-state index < -0.39 is 0 Å². The van der Waals surface area contributed by atoms with E-state index in [0.717, 1.165) is 19.5 Å². The van der Waals surface area contributed by atoms with Crippen molar-refractivity contribution in [3.05, 3.63) is 28.2 Å². The Morgan fingerprint density at radius 2 is 2.14 bits per heavy atom. The van der Waals surface area contributed by atoms with Gasteiger partial charge in [0.25, 0.3) is 0 Å². The Morgan fingerprint density at radius 1 is 1.33 bits per heavy atom. The Balaban J connectivity index is 1.82. The van der Waals surface area contributed by atoms with Crippen molar-refractivity contribution in [3.8, 4) is 0 Å². The molecule has 0 radical (unpaired) electrons. The predicted octanol–water partition coefficient (Wildman–Crippen LogP) is 4.59. The number of nitrogens with zero attached hydrogens (tertiary/aromatic N) is 1. The lowest BCUT2D eigenvalue weighted by atomic mass is 10.00. The van der Waals surface area contributed by atoms with Crippen molar-refractivity contribution < 1.29 is 4.79 Å². The first-order chi connectivity index (χ1) is 10.1. The van der Waals surface area contributed by atoms with Crippen molar-refractivity contribution in [3.63, 3.8) is 0 Å². The fourth-order valence-corrected chi connectivity index (χ4v) is 3.16. The molecule has 1 fully saturated rings. The van der Waals surface area contributed by atoms with Crippen LogP contribution in [0.25, 0.3) is 0 Å². The fraction of sp³-hybridized carbons (Fsp3) is 0.562. The van der Waals surface area contributed by atoms with E-state index in [2.05, 4.69) is 17.1 Å². The molecule has 0 saturated carbocycles. The predicted molar refractivity (Wildman–Crippen MR) is 89.2 cm³/mol. The largest absolute Gasteiger partial charge is 0.326 e. The third-order valence-corrected chi connectivity index (χ3v) is 4.79. The van der Waals surface area contributed by atoms with E-state index in [1.807, 2.05) is 0 Å². The van der Waals surface area contributed by atoms with Gasteiger partial charge in [-0.25, -0.2) is 0 Å². The zero-order chi connectivity index (χ0) is 15.2. The summed E-state index contributed by atoms with van der Waals surface area (Å²) < 4.78 is 0. The van der Waals surface area contributed by atoms with Crippen LogP contribution in [0.2, 0.25) is 10.0 Å². The number of carbonyl (C=O) groups excluding carboxylic acids is 1. The highest BCUT2D eigenvalue weighted by Crippen LogP contribution is 2.25. The van der Waals surface area contributed by atoms with Gasteiger partial charge >= 0.3 is 0 Å². The molecule has 1 amide bonds. The fourth-order valence-electron chi connectivity index (χ4n) is 2.86.